The Morgan fingerprint density at radius 2 is 1.97 bits per heavy atom. The molecule has 1 aromatic rings. The Bertz CT molecular complexity index is 739. The average molecular weight is 539 g/mol. The van der Waals surface area contributed by atoms with Crippen LogP contribution in [-0.4, -0.2) is 71.9 Å². The van der Waals surface area contributed by atoms with Gasteiger partial charge in [0.05, 0.1) is 18.9 Å². The second-order valence-corrected chi connectivity index (χ2v) is 8.81. The summed E-state index contributed by atoms with van der Waals surface area (Å²) < 4.78 is 30.9. The summed E-state index contributed by atoms with van der Waals surface area (Å²) in [6.45, 7) is 5.26. The molecule has 1 fully saturated rings. The van der Waals surface area contributed by atoms with Gasteiger partial charge in [0.25, 0.3) is 0 Å². The molecule has 8 nitrogen and oxygen atoms in total. The lowest BCUT2D eigenvalue weighted by Gasteiger charge is -2.29. The number of sulfonamides is 1. The van der Waals surface area contributed by atoms with Gasteiger partial charge in [-0.1, -0.05) is 12.1 Å². The number of methoxy groups -OCH3 is 1. The van der Waals surface area contributed by atoms with Gasteiger partial charge in [-0.25, -0.2) is 13.1 Å². The summed E-state index contributed by atoms with van der Waals surface area (Å²) in [6, 6.07) is 8.40. The monoisotopic (exact) mass is 539 g/mol. The lowest BCUT2D eigenvalue weighted by atomic mass is 10.1. The van der Waals surface area contributed by atoms with E-state index in [2.05, 4.69) is 37.4 Å². The fourth-order valence-electron chi connectivity index (χ4n) is 3.26. The highest BCUT2D eigenvalue weighted by Gasteiger charge is 2.24. The van der Waals surface area contributed by atoms with Crippen molar-refractivity contribution in [2.24, 2.45) is 4.99 Å². The van der Waals surface area contributed by atoms with Crippen LogP contribution >= 0.6 is 24.0 Å². The number of hydrogen-bond donors (Lipinski definition) is 3. The smallest absolute Gasteiger partial charge is 0.211 e. The van der Waals surface area contributed by atoms with Crippen molar-refractivity contribution in [3.63, 3.8) is 0 Å². The maximum atomic E-state index is 11.5. The molecule has 1 aromatic carbocycles. The van der Waals surface area contributed by atoms with Gasteiger partial charge >= 0.3 is 0 Å². The van der Waals surface area contributed by atoms with E-state index >= 15 is 0 Å². The molecule has 0 aliphatic carbocycles. The van der Waals surface area contributed by atoms with E-state index in [1.165, 1.54) is 18.4 Å². The minimum Gasteiger partial charge on any atom is -0.497 e. The first-order valence-corrected chi connectivity index (χ1v) is 11.4. The lowest BCUT2D eigenvalue weighted by molar-refractivity contribution is 0.245. The molecule has 1 saturated heterocycles. The molecule has 29 heavy (non-hydrogen) atoms. The quantitative estimate of drug-likeness (QED) is 0.181. The van der Waals surface area contributed by atoms with Crippen molar-refractivity contribution in [1.82, 2.24) is 20.3 Å². The van der Waals surface area contributed by atoms with Crippen LogP contribution in [0, 0.1) is 0 Å². The Labute approximate surface area is 191 Å². The molecule has 1 aliphatic heterocycles. The van der Waals surface area contributed by atoms with E-state index in [0.29, 0.717) is 25.6 Å². The first kappa shape index (κ1) is 25.9. The number of ether oxygens (including phenoxy) is 1. The third-order valence-corrected chi connectivity index (χ3v) is 6.27. The zero-order valence-electron chi connectivity index (χ0n) is 17.5. The van der Waals surface area contributed by atoms with Crippen LogP contribution in [0.15, 0.2) is 29.3 Å². The standard InChI is InChI=1S/C19H33N5O3S.HI/c1-4-28(25,26)23-11-10-21-19(20-2)22-15-18(24-12-5-6-13-24)16-8-7-9-17(14-16)27-3;/h7-9,14,18,23H,4-6,10-13,15H2,1-3H3,(H2,20,21,22);1H. The first-order valence-electron chi connectivity index (χ1n) is 9.79. The zero-order valence-corrected chi connectivity index (χ0v) is 20.6. The van der Waals surface area contributed by atoms with Crippen LogP contribution in [0.4, 0.5) is 0 Å². The second kappa shape index (κ2) is 13.2. The van der Waals surface area contributed by atoms with Crippen LogP contribution in [0.1, 0.15) is 31.4 Å². The van der Waals surface area contributed by atoms with Crippen LogP contribution in [0.2, 0.25) is 0 Å². The molecule has 0 spiro atoms. The van der Waals surface area contributed by atoms with Crippen molar-refractivity contribution in [3.8, 4) is 5.75 Å². The molecule has 0 saturated carbocycles. The van der Waals surface area contributed by atoms with E-state index in [1.807, 2.05) is 12.1 Å². The van der Waals surface area contributed by atoms with Gasteiger partial charge in [-0.3, -0.25) is 9.89 Å². The molecule has 2 rings (SSSR count). The minimum absolute atomic E-state index is 0. The summed E-state index contributed by atoms with van der Waals surface area (Å²) in [5.74, 6) is 1.59. The molecule has 166 valence electrons. The van der Waals surface area contributed by atoms with Crippen LogP contribution in [0.3, 0.4) is 0 Å². The number of nitrogens with one attached hydrogen (secondary N) is 3. The summed E-state index contributed by atoms with van der Waals surface area (Å²) in [4.78, 5) is 6.72. The number of hydrogen-bond acceptors (Lipinski definition) is 5. The molecule has 3 N–H and O–H groups in total. The first-order chi connectivity index (χ1) is 13.5. The highest BCUT2D eigenvalue weighted by molar-refractivity contribution is 14.0. The van der Waals surface area contributed by atoms with Crippen molar-refractivity contribution >= 4 is 40.0 Å². The molecule has 0 aromatic heterocycles. The molecule has 1 unspecified atom stereocenters. The number of halogens is 1. The Hall–Kier alpha value is -1.11. The van der Waals surface area contributed by atoms with Gasteiger partial charge in [0.2, 0.25) is 10.0 Å². The highest BCUT2D eigenvalue weighted by Crippen LogP contribution is 2.27. The van der Waals surface area contributed by atoms with Gasteiger partial charge in [0, 0.05) is 26.7 Å². The second-order valence-electron chi connectivity index (χ2n) is 6.71. The van der Waals surface area contributed by atoms with E-state index < -0.39 is 10.0 Å². The summed E-state index contributed by atoms with van der Waals surface area (Å²) in [6.07, 6.45) is 2.43. The van der Waals surface area contributed by atoms with E-state index in [0.717, 1.165) is 18.8 Å². The van der Waals surface area contributed by atoms with Gasteiger partial charge in [-0.2, -0.15) is 0 Å². The van der Waals surface area contributed by atoms with Gasteiger partial charge in [-0.15, -0.1) is 24.0 Å². The largest absolute Gasteiger partial charge is 0.497 e. The van der Waals surface area contributed by atoms with Crippen LogP contribution < -0.4 is 20.1 Å². The van der Waals surface area contributed by atoms with Crippen molar-refractivity contribution in [3.05, 3.63) is 29.8 Å². The number of likely N-dealkylation sites (tertiary alicyclic amines) is 1. The molecule has 0 radical (unpaired) electrons. The third-order valence-electron chi connectivity index (χ3n) is 4.87. The fourth-order valence-corrected chi connectivity index (χ4v) is 3.88. The minimum atomic E-state index is -3.17. The molecule has 1 aliphatic rings. The van der Waals surface area contributed by atoms with Crippen LogP contribution in [0.5, 0.6) is 5.75 Å². The van der Waals surface area contributed by atoms with Gasteiger partial charge < -0.3 is 15.4 Å². The van der Waals surface area contributed by atoms with E-state index in [-0.39, 0.29) is 35.8 Å². The topological polar surface area (TPSA) is 95.1 Å². The summed E-state index contributed by atoms with van der Waals surface area (Å²) in [7, 11) is 0.219. The number of aliphatic imine (C=N–C) groups is 1. The Balaban J connectivity index is 0.00000420. The van der Waals surface area contributed by atoms with Gasteiger partial charge in [0.1, 0.15) is 5.75 Å². The van der Waals surface area contributed by atoms with E-state index in [4.69, 9.17) is 4.74 Å². The molecular weight excluding hydrogens is 505 g/mol. The molecule has 0 amide bonds. The number of nitrogens with zero attached hydrogens (tertiary/aromatic N) is 2. The normalized spacial score (nSPS) is 16.2. The number of guanidine groups is 1. The predicted octanol–water partition coefficient (Wildman–Crippen LogP) is 1.55. The van der Waals surface area contributed by atoms with Crippen molar-refractivity contribution in [2.75, 3.05) is 52.6 Å². The predicted molar refractivity (Wildman–Crippen MR) is 129 cm³/mol. The Kier molecular flexibility index (Phi) is 11.8. The fraction of sp³-hybridized carbons (Fsp3) is 0.632. The number of rotatable bonds is 10. The van der Waals surface area contributed by atoms with Gasteiger partial charge in [0.15, 0.2) is 5.96 Å². The SMILES string of the molecule is CCS(=O)(=O)NCCNC(=NC)NCC(c1cccc(OC)c1)N1CCCC1.I. The molecular formula is C19H34IN5O3S. The summed E-state index contributed by atoms with van der Waals surface area (Å²) in [5, 5.41) is 6.53. The Morgan fingerprint density at radius 3 is 2.59 bits per heavy atom. The maximum Gasteiger partial charge on any atom is 0.211 e. The molecule has 1 heterocycles. The Morgan fingerprint density at radius 1 is 1.24 bits per heavy atom. The number of benzene rings is 1. The van der Waals surface area contributed by atoms with E-state index in [9.17, 15) is 8.42 Å². The van der Waals surface area contributed by atoms with Crippen LogP contribution in [0.25, 0.3) is 0 Å². The molecule has 0 bridgehead atoms. The van der Waals surface area contributed by atoms with Gasteiger partial charge in [-0.05, 0) is 50.6 Å². The lowest BCUT2D eigenvalue weighted by Crippen LogP contribution is -2.44. The van der Waals surface area contributed by atoms with Crippen LogP contribution in [-0.2, 0) is 10.0 Å². The molecule has 10 heteroatoms. The van der Waals surface area contributed by atoms with Crippen molar-refractivity contribution < 1.29 is 13.2 Å². The average Bonchev–Trinajstić information content (AvgIpc) is 3.24. The highest BCUT2D eigenvalue weighted by atomic mass is 127. The summed E-state index contributed by atoms with van der Waals surface area (Å²) >= 11 is 0. The maximum absolute atomic E-state index is 11.5. The summed E-state index contributed by atoms with van der Waals surface area (Å²) in [5.41, 5.74) is 1.21. The zero-order chi connectivity index (χ0) is 20.4. The third kappa shape index (κ3) is 8.65. The van der Waals surface area contributed by atoms with Crippen molar-refractivity contribution in [1.29, 1.82) is 0 Å². The van der Waals surface area contributed by atoms with E-state index in [1.54, 1.807) is 21.1 Å². The van der Waals surface area contributed by atoms with Crippen molar-refractivity contribution in [2.45, 2.75) is 25.8 Å². The molecule has 1 atom stereocenters.